The Morgan fingerprint density at radius 1 is 1.14 bits per heavy atom. The molecule has 3 nitrogen and oxygen atoms in total. The van der Waals surface area contributed by atoms with Crippen LogP contribution in [0, 0.1) is 30.1 Å². The average molecular weight is 276 g/mol. The molecule has 0 atom stereocenters. The molecule has 104 valence electrons. The molecule has 2 N–H and O–H groups in total. The van der Waals surface area contributed by atoms with Gasteiger partial charge in [0.2, 0.25) is 0 Å². The summed E-state index contributed by atoms with van der Waals surface area (Å²) in [4.78, 5) is 0. The minimum Gasteiger partial charge on any atom is -0.488 e. The first kappa shape index (κ1) is 14.7. The van der Waals surface area contributed by atoms with Crippen molar-refractivity contribution in [2.45, 2.75) is 13.5 Å². The van der Waals surface area contributed by atoms with Gasteiger partial charge in [-0.2, -0.15) is 5.26 Å². The van der Waals surface area contributed by atoms with Crippen molar-refractivity contribution in [1.29, 1.82) is 5.26 Å². The van der Waals surface area contributed by atoms with E-state index in [4.69, 9.17) is 15.7 Å². The third-order valence-corrected chi connectivity index (χ3v) is 2.98. The lowest BCUT2D eigenvalue weighted by molar-refractivity contribution is 0.305. The van der Waals surface area contributed by atoms with Crippen molar-refractivity contribution in [2.75, 3.05) is 6.54 Å². The fraction of sp³-hybridized carbons (Fsp3) is 0.167. The molecule has 0 saturated carbocycles. The quantitative estimate of drug-likeness (QED) is 0.877. The lowest BCUT2D eigenvalue weighted by atomic mass is 10.1. The van der Waals surface area contributed by atoms with Gasteiger partial charge in [-0.25, -0.2) is 0 Å². The Kier molecular flexibility index (Phi) is 4.99. The first-order valence-corrected chi connectivity index (χ1v) is 6.65. The van der Waals surface area contributed by atoms with Gasteiger partial charge in [0.25, 0.3) is 0 Å². The van der Waals surface area contributed by atoms with E-state index in [9.17, 15) is 0 Å². The monoisotopic (exact) mass is 276 g/mol. The van der Waals surface area contributed by atoms with Crippen LogP contribution in [0.2, 0.25) is 0 Å². The second-order valence-corrected chi connectivity index (χ2v) is 4.56. The summed E-state index contributed by atoms with van der Waals surface area (Å²) in [7, 11) is 0. The Labute approximate surface area is 125 Å². The molecule has 3 heteroatoms. The SMILES string of the molecule is Cc1ccc(OCc2ccccc2C#N)c(C#CCN)c1. The molecule has 0 aliphatic carbocycles. The van der Waals surface area contributed by atoms with Crippen molar-refractivity contribution in [3.05, 3.63) is 64.7 Å². The zero-order valence-corrected chi connectivity index (χ0v) is 11.9. The Balaban J connectivity index is 2.22. The molecule has 0 aliphatic rings. The highest BCUT2D eigenvalue weighted by molar-refractivity contribution is 5.48. The lowest BCUT2D eigenvalue weighted by Gasteiger charge is -2.10. The Morgan fingerprint density at radius 3 is 2.71 bits per heavy atom. The van der Waals surface area contributed by atoms with Crippen molar-refractivity contribution in [1.82, 2.24) is 0 Å². The van der Waals surface area contributed by atoms with Gasteiger partial charge < -0.3 is 10.5 Å². The van der Waals surface area contributed by atoms with E-state index in [1.165, 1.54) is 0 Å². The van der Waals surface area contributed by atoms with Crippen molar-refractivity contribution < 1.29 is 4.74 Å². The van der Waals surface area contributed by atoms with Crippen LogP contribution in [0.4, 0.5) is 0 Å². The van der Waals surface area contributed by atoms with Gasteiger partial charge in [-0.1, -0.05) is 36.1 Å². The van der Waals surface area contributed by atoms with Crippen molar-refractivity contribution in [3.63, 3.8) is 0 Å². The largest absolute Gasteiger partial charge is 0.488 e. The van der Waals surface area contributed by atoms with E-state index in [1.54, 1.807) is 6.07 Å². The van der Waals surface area contributed by atoms with Gasteiger partial charge in [0, 0.05) is 5.56 Å². The Bertz CT molecular complexity index is 733. The maximum atomic E-state index is 9.08. The van der Waals surface area contributed by atoms with Crippen LogP contribution in [-0.4, -0.2) is 6.54 Å². The zero-order valence-electron chi connectivity index (χ0n) is 11.9. The molecule has 2 rings (SSSR count). The molecule has 0 amide bonds. The Morgan fingerprint density at radius 2 is 1.95 bits per heavy atom. The smallest absolute Gasteiger partial charge is 0.135 e. The van der Waals surface area contributed by atoms with E-state index in [2.05, 4.69) is 17.9 Å². The zero-order chi connectivity index (χ0) is 15.1. The summed E-state index contributed by atoms with van der Waals surface area (Å²) in [6.45, 7) is 2.65. The standard InChI is InChI=1S/C18H16N2O/c1-14-8-9-18(15(11-14)7-4-10-19)21-13-17-6-3-2-5-16(17)12-20/h2-3,5-6,8-9,11H,10,13,19H2,1H3. The third-order valence-electron chi connectivity index (χ3n) is 2.98. The second kappa shape index (κ2) is 7.14. The van der Waals surface area contributed by atoms with Crippen molar-refractivity contribution in [3.8, 4) is 23.7 Å². The van der Waals surface area contributed by atoms with Crippen LogP contribution in [0.15, 0.2) is 42.5 Å². The number of nitrogens with zero attached hydrogens (tertiary/aromatic N) is 1. The Hall–Kier alpha value is -2.75. The average Bonchev–Trinajstić information content (AvgIpc) is 2.52. The summed E-state index contributed by atoms with van der Waals surface area (Å²) in [5, 5.41) is 9.08. The summed E-state index contributed by atoms with van der Waals surface area (Å²) in [6, 6.07) is 15.4. The summed E-state index contributed by atoms with van der Waals surface area (Å²) >= 11 is 0. The van der Waals surface area contributed by atoms with Crippen LogP contribution in [0.5, 0.6) is 5.75 Å². The number of hydrogen-bond acceptors (Lipinski definition) is 3. The van der Waals surface area contributed by atoms with Crippen LogP contribution in [0.1, 0.15) is 22.3 Å². The highest BCUT2D eigenvalue weighted by Gasteiger charge is 2.05. The van der Waals surface area contributed by atoms with Crippen LogP contribution in [0.25, 0.3) is 0 Å². The summed E-state index contributed by atoms with van der Waals surface area (Å²) in [5.74, 6) is 6.56. The van der Waals surface area contributed by atoms with Gasteiger partial charge in [0.05, 0.1) is 23.7 Å². The molecule has 0 bridgehead atoms. The summed E-state index contributed by atoms with van der Waals surface area (Å²) in [5.41, 5.74) is 8.83. The van der Waals surface area contributed by atoms with Crippen LogP contribution in [-0.2, 0) is 6.61 Å². The predicted molar refractivity (Wildman–Crippen MR) is 82.6 cm³/mol. The van der Waals surface area contributed by atoms with E-state index < -0.39 is 0 Å². The van der Waals surface area contributed by atoms with E-state index in [-0.39, 0.29) is 0 Å². The van der Waals surface area contributed by atoms with E-state index in [0.29, 0.717) is 24.5 Å². The van der Waals surface area contributed by atoms with Crippen molar-refractivity contribution in [2.24, 2.45) is 5.73 Å². The van der Waals surface area contributed by atoms with Gasteiger partial charge in [0.15, 0.2) is 0 Å². The van der Waals surface area contributed by atoms with Crippen LogP contribution >= 0.6 is 0 Å². The van der Waals surface area contributed by atoms with Gasteiger partial charge in [-0.05, 0) is 30.7 Å². The number of nitrogens with two attached hydrogens (primary N) is 1. The lowest BCUT2D eigenvalue weighted by Crippen LogP contribution is -2.00. The minimum absolute atomic E-state index is 0.310. The molecule has 2 aromatic rings. The van der Waals surface area contributed by atoms with E-state index in [0.717, 1.165) is 16.7 Å². The van der Waals surface area contributed by atoms with Gasteiger partial charge in [0.1, 0.15) is 12.4 Å². The third kappa shape index (κ3) is 3.86. The normalized spacial score (nSPS) is 9.38. The molecule has 0 radical (unpaired) electrons. The topological polar surface area (TPSA) is 59.0 Å². The molecule has 21 heavy (non-hydrogen) atoms. The summed E-state index contributed by atoms with van der Waals surface area (Å²) in [6.07, 6.45) is 0. The maximum absolute atomic E-state index is 9.08. The van der Waals surface area contributed by atoms with E-state index in [1.807, 2.05) is 43.3 Å². The van der Waals surface area contributed by atoms with Gasteiger partial charge in [-0.15, -0.1) is 0 Å². The highest BCUT2D eigenvalue weighted by Crippen LogP contribution is 2.21. The molecule has 0 spiro atoms. The first-order valence-electron chi connectivity index (χ1n) is 6.65. The minimum atomic E-state index is 0.310. The number of hydrogen-bond donors (Lipinski definition) is 1. The number of benzene rings is 2. The van der Waals surface area contributed by atoms with Gasteiger partial charge >= 0.3 is 0 Å². The van der Waals surface area contributed by atoms with E-state index >= 15 is 0 Å². The number of ether oxygens (including phenoxy) is 1. The molecule has 0 saturated heterocycles. The van der Waals surface area contributed by atoms with Gasteiger partial charge in [-0.3, -0.25) is 0 Å². The van der Waals surface area contributed by atoms with Crippen LogP contribution < -0.4 is 10.5 Å². The highest BCUT2D eigenvalue weighted by atomic mass is 16.5. The molecular weight excluding hydrogens is 260 g/mol. The van der Waals surface area contributed by atoms with Crippen molar-refractivity contribution >= 4 is 0 Å². The molecule has 0 unspecified atom stereocenters. The molecule has 0 fully saturated rings. The summed E-state index contributed by atoms with van der Waals surface area (Å²) < 4.78 is 5.82. The molecular formula is C18H16N2O. The second-order valence-electron chi connectivity index (χ2n) is 4.56. The number of aryl methyl sites for hydroxylation is 1. The molecule has 0 aliphatic heterocycles. The number of nitriles is 1. The maximum Gasteiger partial charge on any atom is 0.135 e. The molecule has 0 heterocycles. The fourth-order valence-electron chi connectivity index (χ4n) is 1.92. The molecule has 2 aromatic carbocycles. The fourth-order valence-corrected chi connectivity index (χ4v) is 1.92. The van der Waals surface area contributed by atoms with Crippen LogP contribution in [0.3, 0.4) is 0 Å². The predicted octanol–water partition coefficient (Wildman–Crippen LogP) is 2.76. The first-order chi connectivity index (χ1) is 10.2. The molecule has 0 aromatic heterocycles. The number of rotatable bonds is 3.